The molecular formula is C14H25NO5. The predicted octanol–water partition coefficient (Wildman–Crippen LogP) is 2.67. The number of nitroso groups, excluding NO2 is 1. The van der Waals surface area contributed by atoms with Crippen molar-refractivity contribution in [3.05, 3.63) is 4.91 Å². The highest BCUT2D eigenvalue weighted by molar-refractivity contribution is 6.07. The maximum atomic E-state index is 11.9. The minimum Gasteiger partial charge on any atom is -0.479 e. The Morgan fingerprint density at radius 3 is 2.05 bits per heavy atom. The van der Waals surface area contributed by atoms with Crippen LogP contribution < -0.4 is 0 Å². The molecule has 0 aromatic rings. The standard InChI is InChI=1S/C14H25NO5/c1-2-3-4-5-6-7-8-9-12(17)14(15-20,10-11-16)13(18)19/h16H,2-11H2,1H3,(H,18,19)/t14-/m1/s1. The molecule has 2 N–H and O–H groups in total. The molecule has 0 amide bonds. The van der Waals surface area contributed by atoms with Gasteiger partial charge in [-0.25, -0.2) is 4.79 Å². The van der Waals surface area contributed by atoms with Gasteiger partial charge in [-0.15, -0.1) is 4.91 Å². The molecule has 0 unspecified atom stereocenters. The normalized spacial score (nSPS) is 13.7. The summed E-state index contributed by atoms with van der Waals surface area (Å²) in [5.41, 5.74) is -2.31. The maximum Gasteiger partial charge on any atom is 0.343 e. The van der Waals surface area contributed by atoms with Crippen molar-refractivity contribution in [2.24, 2.45) is 5.18 Å². The van der Waals surface area contributed by atoms with Crippen LogP contribution in [0.25, 0.3) is 0 Å². The van der Waals surface area contributed by atoms with Crippen molar-refractivity contribution in [1.29, 1.82) is 0 Å². The van der Waals surface area contributed by atoms with Gasteiger partial charge in [0.25, 0.3) is 5.54 Å². The monoisotopic (exact) mass is 287 g/mol. The second-order valence-electron chi connectivity index (χ2n) is 5.02. The molecule has 0 bridgehead atoms. The van der Waals surface area contributed by atoms with Crippen LogP contribution in [-0.2, 0) is 9.59 Å². The Kier molecular flexibility index (Phi) is 9.80. The molecule has 1 atom stereocenters. The predicted molar refractivity (Wildman–Crippen MR) is 75.5 cm³/mol. The number of Topliss-reactive ketones (excluding diaryl/α,β-unsaturated/α-hetero) is 1. The topological polar surface area (TPSA) is 104 Å². The first-order valence-electron chi connectivity index (χ1n) is 7.27. The van der Waals surface area contributed by atoms with E-state index in [4.69, 9.17) is 10.2 Å². The Bertz CT molecular complexity index is 319. The Hall–Kier alpha value is -1.30. The number of carbonyl (C=O) groups excluding carboxylic acids is 1. The van der Waals surface area contributed by atoms with Crippen LogP contribution >= 0.6 is 0 Å². The number of hydrogen-bond acceptors (Lipinski definition) is 5. The van der Waals surface area contributed by atoms with Crippen LogP contribution in [0, 0.1) is 4.91 Å². The zero-order valence-electron chi connectivity index (χ0n) is 12.1. The first-order valence-corrected chi connectivity index (χ1v) is 7.27. The van der Waals surface area contributed by atoms with Crippen molar-refractivity contribution in [3.63, 3.8) is 0 Å². The van der Waals surface area contributed by atoms with E-state index >= 15 is 0 Å². The van der Waals surface area contributed by atoms with Crippen molar-refractivity contribution in [2.75, 3.05) is 6.61 Å². The SMILES string of the molecule is CCCCCCCCCC(=O)[C@@](CCO)(N=O)C(=O)O. The summed E-state index contributed by atoms with van der Waals surface area (Å²) in [6.45, 7) is 1.58. The van der Waals surface area contributed by atoms with Gasteiger partial charge < -0.3 is 10.2 Å². The van der Waals surface area contributed by atoms with Gasteiger partial charge in [-0.1, -0.05) is 45.4 Å². The number of aliphatic hydroxyl groups is 1. The van der Waals surface area contributed by atoms with Crippen LogP contribution in [0.2, 0.25) is 0 Å². The molecular weight excluding hydrogens is 262 g/mol. The van der Waals surface area contributed by atoms with E-state index in [0.29, 0.717) is 6.42 Å². The number of unbranched alkanes of at least 4 members (excludes halogenated alkanes) is 6. The number of carboxylic acids is 1. The van der Waals surface area contributed by atoms with E-state index in [9.17, 15) is 14.5 Å². The molecule has 0 aliphatic rings. The summed E-state index contributed by atoms with van der Waals surface area (Å²) in [6, 6.07) is 0. The van der Waals surface area contributed by atoms with Crippen molar-refractivity contribution >= 4 is 11.8 Å². The Labute approximate surface area is 119 Å². The molecule has 0 saturated carbocycles. The molecule has 0 aromatic heterocycles. The molecule has 0 aliphatic carbocycles. The molecule has 0 fully saturated rings. The summed E-state index contributed by atoms with van der Waals surface area (Å²) in [4.78, 5) is 33.7. The number of carboxylic acid groups (broad SMARTS) is 1. The number of aliphatic hydroxyl groups excluding tert-OH is 1. The summed E-state index contributed by atoms with van der Waals surface area (Å²) < 4.78 is 0. The van der Waals surface area contributed by atoms with Gasteiger partial charge in [0.05, 0.1) is 0 Å². The van der Waals surface area contributed by atoms with Crippen LogP contribution in [-0.4, -0.2) is 34.1 Å². The molecule has 20 heavy (non-hydrogen) atoms. The van der Waals surface area contributed by atoms with E-state index in [1.54, 1.807) is 0 Å². The van der Waals surface area contributed by atoms with Crippen LogP contribution in [0.3, 0.4) is 0 Å². The van der Waals surface area contributed by atoms with Crippen LogP contribution in [0.4, 0.5) is 0 Å². The third kappa shape index (κ3) is 5.77. The maximum absolute atomic E-state index is 11.9. The molecule has 0 aromatic carbocycles. The first-order chi connectivity index (χ1) is 9.55. The number of carbonyl (C=O) groups is 2. The molecule has 0 saturated heterocycles. The van der Waals surface area contributed by atoms with Gasteiger partial charge in [-0.3, -0.25) is 4.79 Å². The highest BCUT2D eigenvalue weighted by atomic mass is 16.4. The fourth-order valence-corrected chi connectivity index (χ4v) is 2.11. The molecule has 0 radical (unpaired) electrons. The Balaban J connectivity index is 4.15. The zero-order chi connectivity index (χ0) is 15.4. The lowest BCUT2D eigenvalue weighted by Crippen LogP contribution is -2.45. The van der Waals surface area contributed by atoms with E-state index in [-0.39, 0.29) is 6.42 Å². The fourth-order valence-electron chi connectivity index (χ4n) is 2.11. The number of hydrogen-bond donors (Lipinski definition) is 2. The second-order valence-corrected chi connectivity index (χ2v) is 5.02. The molecule has 0 heterocycles. The smallest absolute Gasteiger partial charge is 0.343 e. The summed E-state index contributed by atoms with van der Waals surface area (Å²) in [5.74, 6) is -2.28. The van der Waals surface area contributed by atoms with Crippen molar-refractivity contribution in [3.8, 4) is 0 Å². The van der Waals surface area contributed by atoms with Gasteiger partial charge in [0.2, 0.25) is 0 Å². The average Bonchev–Trinajstić information content (AvgIpc) is 2.43. The molecule has 0 aliphatic heterocycles. The van der Waals surface area contributed by atoms with Gasteiger partial charge in [-0.05, 0) is 11.6 Å². The second kappa shape index (κ2) is 10.5. The zero-order valence-corrected chi connectivity index (χ0v) is 12.1. The van der Waals surface area contributed by atoms with Crippen LogP contribution in [0.1, 0.15) is 64.7 Å². The van der Waals surface area contributed by atoms with E-state index < -0.39 is 30.3 Å². The summed E-state index contributed by atoms with van der Waals surface area (Å²) in [5, 5.41) is 20.3. The summed E-state index contributed by atoms with van der Waals surface area (Å²) >= 11 is 0. The van der Waals surface area contributed by atoms with Gasteiger partial charge in [0.15, 0.2) is 5.78 Å². The van der Waals surface area contributed by atoms with E-state index in [2.05, 4.69) is 12.1 Å². The Morgan fingerprint density at radius 1 is 1.05 bits per heavy atom. The fraction of sp³-hybridized carbons (Fsp3) is 0.857. The van der Waals surface area contributed by atoms with E-state index in [0.717, 1.165) is 19.3 Å². The lowest BCUT2D eigenvalue weighted by atomic mass is 9.88. The van der Waals surface area contributed by atoms with Gasteiger partial charge >= 0.3 is 5.97 Å². The molecule has 0 rings (SSSR count). The minimum absolute atomic E-state index is 0.0197. The molecule has 6 nitrogen and oxygen atoms in total. The van der Waals surface area contributed by atoms with E-state index in [1.165, 1.54) is 19.3 Å². The number of nitrogens with zero attached hydrogens (tertiary/aromatic N) is 1. The highest BCUT2D eigenvalue weighted by Crippen LogP contribution is 2.21. The molecule has 0 spiro atoms. The van der Waals surface area contributed by atoms with Gasteiger partial charge in [0.1, 0.15) is 0 Å². The quantitative estimate of drug-likeness (QED) is 0.308. The van der Waals surface area contributed by atoms with Gasteiger partial charge in [-0.2, -0.15) is 0 Å². The van der Waals surface area contributed by atoms with Crippen molar-refractivity contribution in [1.82, 2.24) is 0 Å². The van der Waals surface area contributed by atoms with E-state index in [1.807, 2.05) is 0 Å². The number of ketones is 1. The number of aliphatic carboxylic acids is 1. The molecule has 6 heteroatoms. The summed E-state index contributed by atoms with van der Waals surface area (Å²) in [6.07, 6.45) is 6.61. The van der Waals surface area contributed by atoms with Crippen LogP contribution in [0.15, 0.2) is 5.18 Å². The Morgan fingerprint density at radius 2 is 1.60 bits per heavy atom. The van der Waals surface area contributed by atoms with Gasteiger partial charge in [0, 0.05) is 19.4 Å². The highest BCUT2D eigenvalue weighted by Gasteiger charge is 2.46. The van der Waals surface area contributed by atoms with Crippen molar-refractivity contribution in [2.45, 2.75) is 70.3 Å². The third-order valence-corrected chi connectivity index (χ3v) is 3.45. The minimum atomic E-state index is -2.31. The lowest BCUT2D eigenvalue weighted by Gasteiger charge is -2.18. The largest absolute Gasteiger partial charge is 0.479 e. The first kappa shape index (κ1) is 18.7. The van der Waals surface area contributed by atoms with Crippen LogP contribution in [0.5, 0.6) is 0 Å². The third-order valence-electron chi connectivity index (χ3n) is 3.45. The summed E-state index contributed by atoms with van der Waals surface area (Å²) in [7, 11) is 0. The molecule has 116 valence electrons. The average molecular weight is 287 g/mol. The number of rotatable bonds is 13. The van der Waals surface area contributed by atoms with Crippen molar-refractivity contribution < 1.29 is 19.8 Å². The lowest BCUT2D eigenvalue weighted by molar-refractivity contribution is -0.149.